The van der Waals surface area contributed by atoms with Crippen LogP contribution in [0, 0.1) is 0 Å². The van der Waals surface area contributed by atoms with Crippen LogP contribution in [-0.2, 0) is 19.4 Å². The van der Waals surface area contributed by atoms with Gasteiger partial charge in [-0.05, 0) is 44.7 Å². The molecule has 0 fully saturated rings. The molecular formula is C18H26ClIN4OS2. The van der Waals surface area contributed by atoms with Gasteiger partial charge in [0.25, 0.3) is 0 Å². The summed E-state index contributed by atoms with van der Waals surface area (Å²) in [6, 6.07) is 3.65. The van der Waals surface area contributed by atoms with Crippen LogP contribution >= 0.6 is 58.3 Å². The Kier molecular flexibility index (Phi) is 9.27. The number of nitrogens with zero attached hydrogens (tertiary/aromatic N) is 3. The smallest absolute Gasteiger partial charge is 0.194 e. The Balaban J connectivity index is 0.00000261. The first-order valence-corrected chi connectivity index (χ1v) is 11.0. The number of thiazole rings is 1. The van der Waals surface area contributed by atoms with E-state index < -0.39 is 6.10 Å². The van der Waals surface area contributed by atoms with E-state index in [0.717, 1.165) is 35.4 Å². The van der Waals surface area contributed by atoms with E-state index in [0.29, 0.717) is 10.9 Å². The summed E-state index contributed by atoms with van der Waals surface area (Å²) in [7, 11) is 2.01. The summed E-state index contributed by atoms with van der Waals surface area (Å²) in [6.07, 6.45) is 4.17. The van der Waals surface area contributed by atoms with Crippen LogP contribution in [0.3, 0.4) is 0 Å². The molecule has 1 atom stereocenters. The van der Waals surface area contributed by atoms with E-state index in [-0.39, 0.29) is 24.0 Å². The van der Waals surface area contributed by atoms with E-state index in [1.165, 1.54) is 41.2 Å². The van der Waals surface area contributed by atoms with E-state index in [4.69, 9.17) is 16.6 Å². The first-order chi connectivity index (χ1) is 12.6. The standard InChI is InChI=1S/C18H25ClN4OS2.HI/c1-3-20-18(21-10-13(24)15-8-9-16(19)25-15)23(2)11-17-22-12-6-4-5-7-14(12)26-17;/h8-9,13,24H,3-7,10-11H2,1-2H3,(H,20,21);1H. The quantitative estimate of drug-likeness (QED) is 0.322. The summed E-state index contributed by atoms with van der Waals surface area (Å²) in [5.74, 6) is 0.780. The van der Waals surface area contributed by atoms with Crippen LogP contribution in [0.2, 0.25) is 4.34 Å². The Morgan fingerprint density at radius 2 is 2.15 bits per heavy atom. The number of aliphatic imine (C=N–C) groups is 1. The zero-order valence-corrected chi connectivity index (χ0v) is 20.3. The van der Waals surface area contributed by atoms with Gasteiger partial charge in [0.15, 0.2) is 5.96 Å². The molecule has 0 radical (unpaired) electrons. The number of thiophene rings is 1. The van der Waals surface area contributed by atoms with Crippen LogP contribution in [-0.4, -0.2) is 41.1 Å². The third-order valence-electron chi connectivity index (χ3n) is 4.30. The van der Waals surface area contributed by atoms with Gasteiger partial charge in [-0.3, -0.25) is 4.99 Å². The molecule has 2 heterocycles. The fourth-order valence-electron chi connectivity index (χ4n) is 2.99. The number of aryl methyl sites for hydroxylation is 2. The Morgan fingerprint density at radius 3 is 2.81 bits per heavy atom. The second kappa shape index (κ2) is 10.9. The second-order valence-electron chi connectivity index (χ2n) is 6.39. The van der Waals surface area contributed by atoms with Gasteiger partial charge in [0.05, 0.1) is 23.1 Å². The van der Waals surface area contributed by atoms with E-state index in [9.17, 15) is 5.11 Å². The maximum atomic E-state index is 10.3. The van der Waals surface area contributed by atoms with Crippen molar-refractivity contribution in [2.45, 2.75) is 45.3 Å². The number of aliphatic hydroxyl groups is 1. The first-order valence-electron chi connectivity index (χ1n) is 8.97. The van der Waals surface area contributed by atoms with E-state index >= 15 is 0 Å². The van der Waals surface area contributed by atoms with Gasteiger partial charge in [0, 0.05) is 23.3 Å². The number of rotatable bonds is 6. The van der Waals surface area contributed by atoms with Crippen LogP contribution in [0.5, 0.6) is 0 Å². The first kappa shape index (κ1) is 22.9. The molecule has 0 bridgehead atoms. The SMILES string of the molecule is CCNC(=NCC(O)c1ccc(Cl)s1)N(C)Cc1nc2c(s1)CCCC2.I. The normalized spacial score (nSPS) is 15.0. The maximum absolute atomic E-state index is 10.3. The zero-order valence-electron chi connectivity index (χ0n) is 15.6. The third-order valence-corrected chi connectivity index (χ3v) is 6.77. The average Bonchev–Trinajstić information content (AvgIpc) is 3.23. The predicted molar refractivity (Wildman–Crippen MR) is 126 cm³/mol. The highest BCUT2D eigenvalue weighted by atomic mass is 127. The molecule has 0 saturated carbocycles. The number of aliphatic hydroxyl groups excluding tert-OH is 1. The number of hydrogen-bond donors (Lipinski definition) is 2. The summed E-state index contributed by atoms with van der Waals surface area (Å²) < 4.78 is 0.680. The highest BCUT2D eigenvalue weighted by Crippen LogP contribution is 2.28. The molecule has 27 heavy (non-hydrogen) atoms. The van der Waals surface area contributed by atoms with Gasteiger partial charge in [-0.1, -0.05) is 11.6 Å². The molecule has 2 aromatic heterocycles. The zero-order chi connectivity index (χ0) is 18.5. The van der Waals surface area contributed by atoms with E-state index in [2.05, 4.69) is 15.2 Å². The summed E-state index contributed by atoms with van der Waals surface area (Å²) >= 11 is 9.16. The summed E-state index contributed by atoms with van der Waals surface area (Å²) in [5, 5.41) is 14.8. The topological polar surface area (TPSA) is 60.8 Å². The minimum atomic E-state index is -0.637. The lowest BCUT2D eigenvalue weighted by Crippen LogP contribution is -2.38. The minimum Gasteiger partial charge on any atom is -0.386 e. The molecule has 150 valence electrons. The van der Waals surface area contributed by atoms with Crippen molar-refractivity contribution in [3.8, 4) is 0 Å². The van der Waals surface area contributed by atoms with Gasteiger partial charge in [-0.15, -0.1) is 46.7 Å². The van der Waals surface area contributed by atoms with Crippen molar-refractivity contribution >= 4 is 64.2 Å². The van der Waals surface area contributed by atoms with Crippen molar-refractivity contribution in [2.24, 2.45) is 4.99 Å². The molecule has 0 aliphatic heterocycles. The molecule has 0 spiro atoms. The molecule has 1 unspecified atom stereocenters. The maximum Gasteiger partial charge on any atom is 0.194 e. The van der Waals surface area contributed by atoms with E-state index in [1.807, 2.05) is 31.4 Å². The molecule has 2 N–H and O–H groups in total. The molecule has 3 rings (SSSR count). The number of fused-ring (bicyclic) bond motifs is 1. The fraction of sp³-hybridized carbons (Fsp3) is 0.556. The molecule has 2 aromatic rings. The Morgan fingerprint density at radius 1 is 1.37 bits per heavy atom. The number of guanidine groups is 1. The van der Waals surface area contributed by atoms with Crippen molar-refractivity contribution in [3.63, 3.8) is 0 Å². The van der Waals surface area contributed by atoms with Crippen molar-refractivity contribution in [1.82, 2.24) is 15.2 Å². The molecule has 5 nitrogen and oxygen atoms in total. The molecule has 1 aliphatic rings. The largest absolute Gasteiger partial charge is 0.386 e. The van der Waals surface area contributed by atoms with Gasteiger partial charge in [0.1, 0.15) is 11.1 Å². The molecule has 0 amide bonds. The molecule has 0 saturated heterocycles. The van der Waals surface area contributed by atoms with Gasteiger partial charge in [-0.25, -0.2) is 4.98 Å². The monoisotopic (exact) mass is 540 g/mol. The second-order valence-corrected chi connectivity index (χ2v) is 9.31. The average molecular weight is 541 g/mol. The number of aromatic nitrogens is 1. The van der Waals surface area contributed by atoms with Gasteiger partial charge in [0.2, 0.25) is 0 Å². The summed E-state index contributed by atoms with van der Waals surface area (Å²) in [4.78, 5) is 13.8. The van der Waals surface area contributed by atoms with Gasteiger partial charge >= 0.3 is 0 Å². The summed E-state index contributed by atoms with van der Waals surface area (Å²) in [6.45, 7) is 3.85. The minimum absolute atomic E-state index is 0. The van der Waals surface area contributed by atoms with Crippen LogP contribution in [0.4, 0.5) is 0 Å². The van der Waals surface area contributed by atoms with Crippen LogP contribution < -0.4 is 5.32 Å². The van der Waals surface area contributed by atoms with Crippen molar-refractivity contribution in [3.05, 3.63) is 36.9 Å². The van der Waals surface area contributed by atoms with Crippen molar-refractivity contribution in [1.29, 1.82) is 0 Å². The number of halogens is 2. The lowest BCUT2D eigenvalue weighted by Gasteiger charge is -2.21. The Bertz CT molecular complexity index is 741. The van der Waals surface area contributed by atoms with Gasteiger partial charge < -0.3 is 15.3 Å². The fourth-order valence-corrected chi connectivity index (χ4v) is 5.24. The predicted octanol–water partition coefficient (Wildman–Crippen LogP) is 4.49. The third kappa shape index (κ3) is 6.28. The number of nitrogens with one attached hydrogen (secondary N) is 1. The number of hydrogen-bond acceptors (Lipinski definition) is 5. The summed E-state index contributed by atoms with van der Waals surface area (Å²) in [5.41, 5.74) is 1.29. The highest BCUT2D eigenvalue weighted by molar-refractivity contribution is 14.0. The Labute approximate surface area is 190 Å². The lowest BCUT2D eigenvalue weighted by atomic mass is 10.0. The van der Waals surface area contributed by atoms with Crippen molar-refractivity contribution in [2.75, 3.05) is 20.1 Å². The molecule has 0 aromatic carbocycles. The van der Waals surface area contributed by atoms with Crippen LogP contribution in [0.1, 0.15) is 46.3 Å². The molecule has 1 aliphatic carbocycles. The Hall–Kier alpha value is -0.420. The lowest BCUT2D eigenvalue weighted by molar-refractivity contribution is 0.190. The van der Waals surface area contributed by atoms with Crippen molar-refractivity contribution < 1.29 is 5.11 Å². The molecule has 9 heteroatoms. The van der Waals surface area contributed by atoms with Crippen LogP contribution in [0.25, 0.3) is 0 Å². The van der Waals surface area contributed by atoms with Gasteiger partial charge in [-0.2, -0.15) is 0 Å². The van der Waals surface area contributed by atoms with E-state index in [1.54, 1.807) is 6.07 Å². The molecular weight excluding hydrogens is 515 g/mol. The van der Waals surface area contributed by atoms with Crippen LogP contribution in [0.15, 0.2) is 17.1 Å². The highest BCUT2D eigenvalue weighted by Gasteiger charge is 2.17.